The molecule has 2 saturated heterocycles. The third-order valence-electron chi connectivity index (χ3n) is 5.40. The molecule has 2 amide bonds. The lowest BCUT2D eigenvalue weighted by Crippen LogP contribution is -2.52. The van der Waals surface area contributed by atoms with Crippen molar-refractivity contribution < 1.29 is 9.59 Å². The quantitative estimate of drug-likeness (QED) is 0.825. The number of piperazine rings is 1. The molecule has 2 fully saturated rings. The average Bonchev–Trinajstić information content (AvgIpc) is 3.15. The first kappa shape index (κ1) is 18.2. The molecule has 25 heavy (non-hydrogen) atoms. The zero-order chi connectivity index (χ0) is 16.5. The second-order valence-electron chi connectivity index (χ2n) is 6.89. The van der Waals surface area contributed by atoms with Crippen molar-refractivity contribution in [1.82, 2.24) is 15.1 Å². The van der Waals surface area contributed by atoms with Crippen LogP contribution in [-0.2, 0) is 11.2 Å². The lowest BCUT2D eigenvalue weighted by Gasteiger charge is -2.37. The summed E-state index contributed by atoms with van der Waals surface area (Å²) in [7, 11) is 0. The molecule has 1 atom stereocenters. The molecule has 1 aromatic rings. The molecular weight excluding hydrogens is 340 g/mol. The third kappa shape index (κ3) is 3.81. The van der Waals surface area contributed by atoms with Gasteiger partial charge >= 0.3 is 0 Å². The van der Waals surface area contributed by atoms with Crippen molar-refractivity contribution in [2.45, 2.75) is 25.3 Å². The highest BCUT2D eigenvalue weighted by molar-refractivity contribution is 5.98. The predicted molar refractivity (Wildman–Crippen MR) is 99.4 cm³/mol. The van der Waals surface area contributed by atoms with Crippen LogP contribution in [0.1, 0.15) is 28.8 Å². The first-order valence-electron chi connectivity index (χ1n) is 8.87. The number of fused-ring (bicyclic) bond motifs is 1. The van der Waals surface area contributed by atoms with Gasteiger partial charge in [0.2, 0.25) is 5.91 Å². The Bertz CT molecular complexity index is 652. The molecule has 3 aliphatic rings. The summed E-state index contributed by atoms with van der Waals surface area (Å²) in [6, 6.07) is 6.28. The van der Waals surface area contributed by atoms with E-state index in [4.69, 9.17) is 0 Å². The van der Waals surface area contributed by atoms with Gasteiger partial charge in [-0.1, -0.05) is 0 Å². The summed E-state index contributed by atoms with van der Waals surface area (Å²) in [5, 5.41) is 6.28. The number of hydrogen-bond acceptors (Lipinski definition) is 4. The summed E-state index contributed by atoms with van der Waals surface area (Å²) in [5.74, 6) is 0.165. The number of nitrogens with zero attached hydrogens (tertiary/aromatic N) is 2. The Kier molecular flexibility index (Phi) is 5.61. The molecule has 4 rings (SSSR count). The van der Waals surface area contributed by atoms with Gasteiger partial charge in [-0.25, -0.2) is 0 Å². The molecule has 1 aromatic carbocycles. The fraction of sp³-hybridized carbons (Fsp3) is 0.556. The van der Waals surface area contributed by atoms with E-state index >= 15 is 0 Å². The Balaban J connectivity index is 0.00000182. The van der Waals surface area contributed by atoms with Crippen LogP contribution in [0.5, 0.6) is 0 Å². The van der Waals surface area contributed by atoms with Crippen LogP contribution in [0.15, 0.2) is 18.2 Å². The number of nitrogens with one attached hydrogen (secondary N) is 2. The monoisotopic (exact) mass is 364 g/mol. The molecule has 0 radical (unpaired) electrons. The van der Waals surface area contributed by atoms with Crippen LogP contribution >= 0.6 is 12.4 Å². The molecular formula is C18H25ClN4O2. The van der Waals surface area contributed by atoms with Crippen molar-refractivity contribution >= 4 is 29.9 Å². The number of carbonyl (C=O) groups is 2. The maximum atomic E-state index is 12.8. The van der Waals surface area contributed by atoms with Crippen molar-refractivity contribution in [3.05, 3.63) is 29.3 Å². The van der Waals surface area contributed by atoms with E-state index in [2.05, 4.69) is 15.5 Å². The Morgan fingerprint density at radius 3 is 2.64 bits per heavy atom. The van der Waals surface area contributed by atoms with Gasteiger partial charge in [-0.3, -0.25) is 14.5 Å². The van der Waals surface area contributed by atoms with Crippen molar-refractivity contribution in [2.75, 3.05) is 44.6 Å². The van der Waals surface area contributed by atoms with Crippen molar-refractivity contribution in [3.63, 3.8) is 0 Å². The number of aryl methyl sites for hydroxylation is 1. The highest BCUT2D eigenvalue weighted by Crippen LogP contribution is 2.24. The Labute approximate surface area is 154 Å². The molecule has 6 nitrogen and oxygen atoms in total. The van der Waals surface area contributed by atoms with Gasteiger partial charge in [-0.2, -0.15) is 0 Å². The summed E-state index contributed by atoms with van der Waals surface area (Å²) in [6.45, 7) is 5.68. The summed E-state index contributed by atoms with van der Waals surface area (Å²) in [4.78, 5) is 28.7. The van der Waals surface area contributed by atoms with E-state index in [1.165, 1.54) is 6.42 Å². The maximum absolute atomic E-state index is 12.8. The molecule has 3 heterocycles. The van der Waals surface area contributed by atoms with Gasteiger partial charge in [0.15, 0.2) is 0 Å². The van der Waals surface area contributed by atoms with E-state index in [1.807, 2.05) is 23.1 Å². The fourth-order valence-electron chi connectivity index (χ4n) is 3.94. The summed E-state index contributed by atoms with van der Waals surface area (Å²) in [6.07, 6.45) is 2.42. The van der Waals surface area contributed by atoms with E-state index in [9.17, 15) is 9.59 Å². The highest BCUT2D eigenvalue weighted by atomic mass is 35.5. The van der Waals surface area contributed by atoms with Crippen LogP contribution in [0.2, 0.25) is 0 Å². The molecule has 3 aliphatic heterocycles. The van der Waals surface area contributed by atoms with E-state index in [0.717, 1.165) is 56.1 Å². The van der Waals surface area contributed by atoms with E-state index in [1.54, 1.807) is 0 Å². The number of halogens is 1. The first-order chi connectivity index (χ1) is 11.7. The molecule has 2 N–H and O–H groups in total. The van der Waals surface area contributed by atoms with Crippen molar-refractivity contribution in [3.8, 4) is 0 Å². The smallest absolute Gasteiger partial charge is 0.253 e. The van der Waals surface area contributed by atoms with Gasteiger partial charge in [0.25, 0.3) is 5.91 Å². The molecule has 0 spiro atoms. The first-order valence-corrected chi connectivity index (χ1v) is 8.87. The highest BCUT2D eigenvalue weighted by Gasteiger charge is 2.28. The number of benzene rings is 1. The van der Waals surface area contributed by atoms with Crippen molar-refractivity contribution in [1.29, 1.82) is 0 Å². The third-order valence-corrected chi connectivity index (χ3v) is 5.40. The molecule has 0 aliphatic carbocycles. The van der Waals surface area contributed by atoms with Crippen LogP contribution in [0, 0.1) is 0 Å². The van der Waals surface area contributed by atoms with E-state index in [0.29, 0.717) is 18.9 Å². The van der Waals surface area contributed by atoms with Crippen LogP contribution in [0.4, 0.5) is 5.69 Å². The van der Waals surface area contributed by atoms with Gasteiger partial charge in [-0.15, -0.1) is 12.4 Å². The standard InChI is InChI=1S/C18H24N4O2.ClH/c23-17-4-2-13-11-14(1-3-16(13)20-17)18(24)22-9-7-21(8-10-22)15-5-6-19-12-15;/h1,3,11,15,19H,2,4-10,12H2,(H,20,23);1H. The predicted octanol–water partition coefficient (Wildman–Crippen LogP) is 1.11. The van der Waals surface area contributed by atoms with Gasteiger partial charge < -0.3 is 15.5 Å². The van der Waals surface area contributed by atoms with E-state index < -0.39 is 0 Å². The minimum atomic E-state index is 0. The zero-order valence-electron chi connectivity index (χ0n) is 14.3. The maximum Gasteiger partial charge on any atom is 0.253 e. The number of rotatable bonds is 2. The van der Waals surface area contributed by atoms with Gasteiger partial charge in [0.05, 0.1) is 0 Å². The van der Waals surface area contributed by atoms with Crippen molar-refractivity contribution in [2.24, 2.45) is 0 Å². The van der Waals surface area contributed by atoms with Crippen LogP contribution in [-0.4, -0.2) is 66.9 Å². The number of amides is 2. The Morgan fingerprint density at radius 2 is 1.92 bits per heavy atom. The van der Waals surface area contributed by atoms with Gasteiger partial charge in [0, 0.05) is 56.4 Å². The molecule has 0 saturated carbocycles. The zero-order valence-corrected chi connectivity index (χ0v) is 15.1. The van der Waals surface area contributed by atoms with E-state index in [-0.39, 0.29) is 24.2 Å². The van der Waals surface area contributed by atoms with Crippen LogP contribution in [0.25, 0.3) is 0 Å². The average molecular weight is 365 g/mol. The van der Waals surface area contributed by atoms with Gasteiger partial charge in [0.1, 0.15) is 0 Å². The molecule has 7 heteroatoms. The lowest BCUT2D eigenvalue weighted by molar-refractivity contribution is -0.116. The number of carbonyl (C=O) groups excluding carboxylic acids is 2. The second-order valence-corrected chi connectivity index (χ2v) is 6.89. The summed E-state index contributed by atoms with van der Waals surface area (Å²) in [5.41, 5.74) is 2.65. The number of hydrogen-bond donors (Lipinski definition) is 2. The largest absolute Gasteiger partial charge is 0.336 e. The minimum Gasteiger partial charge on any atom is -0.336 e. The molecule has 0 aromatic heterocycles. The Hall–Kier alpha value is -1.63. The lowest BCUT2D eigenvalue weighted by atomic mass is 10.00. The summed E-state index contributed by atoms with van der Waals surface area (Å²) < 4.78 is 0. The minimum absolute atomic E-state index is 0. The Morgan fingerprint density at radius 1 is 1.12 bits per heavy atom. The molecule has 0 bridgehead atoms. The molecule has 1 unspecified atom stereocenters. The SMILES string of the molecule is Cl.O=C1CCc2cc(C(=O)N3CCN(C4CCNC4)CC3)ccc2N1. The van der Waals surface area contributed by atoms with Crippen LogP contribution in [0.3, 0.4) is 0 Å². The van der Waals surface area contributed by atoms with Gasteiger partial charge in [-0.05, 0) is 43.1 Å². The topological polar surface area (TPSA) is 64.7 Å². The number of anilines is 1. The second kappa shape index (κ2) is 7.72. The fourth-order valence-corrected chi connectivity index (χ4v) is 3.94. The molecule has 136 valence electrons. The normalized spacial score (nSPS) is 23.6. The summed E-state index contributed by atoms with van der Waals surface area (Å²) >= 11 is 0. The van der Waals surface area contributed by atoms with Crippen LogP contribution < -0.4 is 10.6 Å².